The fraction of sp³-hybridized carbons (Fsp3) is 0.529. The van der Waals surface area contributed by atoms with Gasteiger partial charge in [-0.1, -0.05) is 29.8 Å². The second-order valence-corrected chi connectivity index (χ2v) is 6.10. The van der Waals surface area contributed by atoms with Crippen LogP contribution in [0.25, 0.3) is 0 Å². The van der Waals surface area contributed by atoms with E-state index in [1.54, 1.807) is 4.90 Å². The van der Waals surface area contributed by atoms with Crippen LogP contribution in [0.4, 0.5) is 4.79 Å². The minimum Gasteiger partial charge on any atom is -0.444 e. The number of hydrogen-bond donors (Lipinski definition) is 0. The van der Waals surface area contributed by atoms with Crippen molar-refractivity contribution < 1.29 is 14.3 Å². The average molecular weight is 291 g/mol. The fourth-order valence-electron chi connectivity index (χ4n) is 2.12. The van der Waals surface area contributed by atoms with Gasteiger partial charge in [0.25, 0.3) is 0 Å². The zero-order valence-corrected chi connectivity index (χ0v) is 13.6. The molecule has 0 radical (unpaired) electrons. The van der Waals surface area contributed by atoms with E-state index in [4.69, 9.17) is 4.74 Å². The van der Waals surface area contributed by atoms with Gasteiger partial charge in [-0.25, -0.2) is 4.79 Å². The number of aldehydes is 1. The lowest BCUT2D eigenvalue weighted by Crippen LogP contribution is -2.39. The second-order valence-electron chi connectivity index (χ2n) is 6.10. The molecule has 0 N–H and O–H groups in total. The Bertz CT molecular complexity index is 474. The molecule has 1 amide bonds. The zero-order valence-electron chi connectivity index (χ0n) is 13.6. The monoisotopic (exact) mass is 291 g/mol. The summed E-state index contributed by atoms with van der Waals surface area (Å²) < 4.78 is 5.43. The van der Waals surface area contributed by atoms with Crippen molar-refractivity contribution in [3.05, 3.63) is 35.4 Å². The van der Waals surface area contributed by atoms with Crippen LogP contribution in [0, 0.1) is 6.92 Å². The van der Waals surface area contributed by atoms with Crippen LogP contribution in [-0.2, 0) is 9.53 Å². The predicted molar refractivity (Wildman–Crippen MR) is 83.2 cm³/mol. The van der Waals surface area contributed by atoms with Crippen molar-refractivity contribution in [1.82, 2.24) is 4.90 Å². The molecule has 1 aromatic carbocycles. The first kappa shape index (κ1) is 17.2. The Labute approximate surface area is 127 Å². The first-order valence-electron chi connectivity index (χ1n) is 7.28. The Morgan fingerprint density at radius 3 is 2.29 bits per heavy atom. The summed E-state index contributed by atoms with van der Waals surface area (Å²) in [5, 5.41) is 0. The topological polar surface area (TPSA) is 46.6 Å². The van der Waals surface area contributed by atoms with E-state index < -0.39 is 11.7 Å². The van der Waals surface area contributed by atoms with E-state index in [-0.39, 0.29) is 12.5 Å². The third-order valence-electron chi connectivity index (χ3n) is 3.13. The van der Waals surface area contributed by atoms with Crippen molar-refractivity contribution in [2.24, 2.45) is 0 Å². The molecule has 0 fully saturated rings. The van der Waals surface area contributed by atoms with Crippen LogP contribution < -0.4 is 0 Å². The van der Waals surface area contributed by atoms with Crippen molar-refractivity contribution in [1.29, 1.82) is 0 Å². The van der Waals surface area contributed by atoms with Crippen molar-refractivity contribution >= 4 is 12.4 Å². The second kappa shape index (κ2) is 7.25. The van der Waals surface area contributed by atoms with Gasteiger partial charge in [0.2, 0.25) is 0 Å². The maximum Gasteiger partial charge on any atom is 0.410 e. The summed E-state index contributed by atoms with van der Waals surface area (Å²) in [6.45, 7) is 9.87. The maximum atomic E-state index is 12.3. The summed E-state index contributed by atoms with van der Waals surface area (Å²) in [6, 6.07) is 7.59. The highest BCUT2D eigenvalue weighted by atomic mass is 16.6. The van der Waals surface area contributed by atoms with Crippen molar-refractivity contribution in [3.8, 4) is 0 Å². The maximum absolute atomic E-state index is 12.3. The summed E-state index contributed by atoms with van der Waals surface area (Å²) in [5.74, 6) is 0. The molecule has 1 rings (SSSR count). The van der Waals surface area contributed by atoms with Crippen LogP contribution >= 0.6 is 0 Å². The van der Waals surface area contributed by atoms with Gasteiger partial charge in [-0.2, -0.15) is 0 Å². The van der Waals surface area contributed by atoms with Gasteiger partial charge in [-0.15, -0.1) is 0 Å². The molecule has 4 heteroatoms. The van der Waals surface area contributed by atoms with Crippen LogP contribution in [0.3, 0.4) is 0 Å². The first-order chi connectivity index (χ1) is 9.78. The molecule has 116 valence electrons. The Morgan fingerprint density at radius 2 is 1.86 bits per heavy atom. The van der Waals surface area contributed by atoms with Crippen LogP contribution in [0.5, 0.6) is 0 Å². The molecule has 21 heavy (non-hydrogen) atoms. The van der Waals surface area contributed by atoms with Crippen molar-refractivity contribution in [2.75, 3.05) is 6.54 Å². The number of carbonyl (C=O) groups is 2. The van der Waals surface area contributed by atoms with Gasteiger partial charge in [0, 0.05) is 13.0 Å². The van der Waals surface area contributed by atoms with E-state index in [1.165, 1.54) is 0 Å². The minimum atomic E-state index is -0.552. The quantitative estimate of drug-likeness (QED) is 0.773. The molecular weight excluding hydrogens is 266 g/mol. The van der Waals surface area contributed by atoms with Gasteiger partial charge in [0.1, 0.15) is 11.9 Å². The minimum absolute atomic E-state index is 0.260. The van der Waals surface area contributed by atoms with Crippen LogP contribution in [-0.4, -0.2) is 29.4 Å². The molecule has 0 aliphatic rings. The summed E-state index contributed by atoms with van der Waals surface area (Å²) in [4.78, 5) is 24.9. The van der Waals surface area contributed by atoms with E-state index >= 15 is 0 Å². The molecule has 0 aromatic heterocycles. The van der Waals surface area contributed by atoms with E-state index in [1.807, 2.05) is 58.9 Å². The van der Waals surface area contributed by atoms with Gasteiger partial charge >= 0.3 is 6.09 Å². The standard InChI is InChI=1S/C17H25NO3/c1-6-18(16(20)21-17(3,4)5)15(11-12-19)14-9-7-13(2)8-10-14/h7-10,12,15H,6,11H2,1-5H3. The number of ether oxygens (including phenoxy) is 1. The van der Waals surface area contributed by atoms with Crippen molar-refractivity contribution in [3.63, 3.8) is 0 Å². The third kappa shape index (κ3) is 5.21. The van der Waals surface area contributed by atoms with E-state index in [0.29, 0.717) is 6.54 Å². The summed E-state index contributed by atoms with van der Waals surface area (Å²) >= 11 is 0. The number of benzene rings is 1. The van der Waals surface area contributed by atoms with Crippen molar-refractivity contribution in [2.45, 2.75) is 52.7 Å². The van der Waals surface area contributed by atoms with E-state index in [0.717, 1.165) is 17.4 Å². The van der Waals surface area contributed by atoms with Gasteiger partial charge in [0.05, 0.1) is 6.04 Å². The molecule has 0 saturated carbocycles. The Morgan fingerprint density at radius 1 is 1.29 bits per heavy atom. The van der Waals surface area contributed by atoms with E-state index in [2.05, 4.69) is 0 Å². The summed E-state index contributed by atoms with van der Waals surface area (Å²) in [7, 11) is 0. The number of aryl methyl sites for hydroxylation is 1. The molecule has 0 saturated heterocycles. The number of nitrogens with zero attached hydrogens (tertiary/aromatic N) is 1. The molecule has 0 spiro atoms. The summed E-state index contributed by atoms with van der Waals surface area (Å²) in [6.07, 6.45) is 0.714. The molecular formula is C17H25NO3. The number of amides is 1. The molecule has 0 aliphatic heterocycles. The van der Waals surface area contributed by atoms with Gasteiger partial charge in [0.15, 0.2) is 0 Å². The van der Waals surface area contributed by atoms with Crippen LogP contribution in [0.15, 0.2) is 24.3 Å². The highest BCUT2D eigenvalue weighted by Gasteiger charge is 2.28. The lowest BCUT2D eigenvalue weighted by molar-refractivity contribution is -0.108. The Kier molecular flexibility index (Phi) is 5.94. The molecule has 0 aliphatic carbocycles. The number of hydrogen-bond acceptors (Lipinski definition) is 3. The normalized spacial score (nSPS) is 12.6. The first-order valence-corrected chi connectivity index (χ1v) is 7.28. The van der Waals surface area contributed by atoms with Gasteiger partial charge in [-0.05, 0) is 40.2 Å². The van der Waals surface area contributed by atoms with Gasteiger partial charge < -0.3 is 14.4 Å². The molecule has 0 bridgehead atoms. The van der Waals surface area contributed by atoms with Crippen LogP contribution in [0.2, 0.25) is 0 Å². The smallest absolute Gasteiger partial charge is 0.410 e. The van der Waals surface area contributed by atoms with Gasteiger partial charge in [-0.3, -0.25) is 0 Å². The third-order valence-corrected chi connectivity index (χ3v) is 3.13. The Hall–Kier alpha value is -1.84. The highest BCUT2D eigenvalue weighted by molar-refractivity contribution is 5.69. The largest absolute Gasteiger partial charge is 0.444 e. The molecule has 4 nitrogen and oxygen atoms in total. The lowest BCUT2D eigenvalue weighted by atomic mass is 10.0. The number of rotatable bonds is 5. The average Bonchev–Trinajstić information content (AvgIpc) is 2.37. The lowest BCUT2D eigenvalue weighted by Gasteiger charge is -2.32. The zero-order chi connectivity index (χ0) is 16.0. The Balaban J connectivity index is 3.02. The predicted octanol–water partition coefficient (Wildman–Crippen LogP) is 3.88. The summed E-state index contributed by atoms with van der Waals surface area (Å²) in [5.41, 5.74) is 1.54. The molecule has 1 aromatic rings. The van der Waals surface area contributed by atoms with Crippen LogP contribution in [0.1, 0.15) is 51.3 Å². The SMILES string of the molecule is CCN(C(=O)OC(C)(C)C)C(CC=O)c1ccc(C)cc1. The molecule has 0 heterocycles. The number of carbonyl (C=O) groups excluding carboxylic acids is 2. The molecule has 1 unspecified atom stereocenters. The highest BCUT2D eigenvalue weighted by Crippen LogP contribution is 2.25. The molecule has 1 atom stereocenters. The fourth-order valence-corrected chi connectivity index (χ4v) is 2.12. The van der Waals surface area contributed by atoms with E-state index in [9.17, 15) is 9.59 Å².